The van der Waals surface area contributed by atoms with Gasteiger partial charge in [0.1, 0.15) is 11.6 Å². The van der Waals surface area contributed by atoms with Crippen LogP contribution in [0.1, 0.15) is 18.5 Å². The first-order valence-electron chi connectivity index (χ1n) is 6.87. The Hall–Kier alpha value is -1.59. The highest BCUT2D eigenvalue weighted by atomic mass is 32.2. The van der Waals surface area contributed by atoms with Crippen molar-refractivity contribution in [1.82, 2.24) is 10.3 Å². The zero-order valence-electron chi connectivity index (χ0n) is 12.2. The molecule has 1 heterocycles. The Morgan fingerprint density at radius 2 is 2.14 bits per heavy atom. The lowest BCUT2D eigenvalue weighted by atomic mass is 10.1. The third-order valence-corrected chi connectivity index (χ3v) is 4.18. The molecule has 112 valence electrons. The lowest BCUT2D eigenvalue weighted by Gasteiger charge is -2.17. The number of pyridine rings is 1. The summed E-state index contributed by atoms with van der Waals surface area (Å²) in [5.41, 5.74) is 1.03. The first-order chi connectivity index (χ1) is 10.2. The van der Waals surface area contributed by atoms with E-state index in [-0.39, 0.29) is 11.9 Å². The van der Waals surface area contributed by atoms with Gasteiger partial charge in [0, 0.05) is 22.9 Å². The molecule has 0 radical (unpaired) electrons. The van der Waals surface area contributed by atoms with Gasteiger partial charge in [-0.15, -0.1) is 11.8 Å². The molecule has 1 aromatic heterocycles. The predicted molar refractivity (Wildman–Crippen MR) is 84.3 cm³/mol. The van der Waals surface area contributed by atoms with Gasteiger partial charge in [-0.2, -0.15) is 0 Å². The number of nitrogens with zero attached hydrogens (tertiary/aromatic N) is 1. The van der Waals surface area contributed by atoms with Crippen LogP contribution in [-0.4, -0.2) is 24.4 Å². The summed E-state index contributed by atoms with van der Waals surface area (Å²) in [5.74, 6) is 1.29. The van der Waals surface area contributed by atoms with Crippen molar-refractivity contribution in [1.29, 1.82) is 0 Å². The second-order valence-electron chi connectivity index (χ2n) is 4.47. The van der Waals surface area contributed by atoms with Crippen LogP contribution in [0.25, 0.3) is 0 Å². The molecule has 21 heavy (non-hydrogen) atoms. The minimum Gasteiger partial charge on any atom is -0.492 e. The van der Waals surface area contributed by atoms with Gasteiger partial charge < -0.3 is 10.1 Å². The summed E-state index contributed by atoms with van der Waals surface area (Å²) < 4.78 is 19.1. The molecular weight excluding hydrogens is 287 g/mol. The van der Waals surface area contributed by atoms with Crippen LogP contribution in [0.4, 0.5) is 4.39 Å². The van der Waals surface area contributed by atoms with Gasteiger partial charge in [-0.1, -0.05) is 12.1 Å². The van der Waals surface area contributed by atoms with E-state index in [4.69, 9.17) is 4.74 Å². The van der Waals surface area contributed by atoms with E-state index in [1.54, 1.807) is 18.3 Å². The molecule has 0 saturated carbocycles. The molecule has 0 fully saturated rings. The maximum atomic E-state index is 13.6. The van der Waals surface area contributed by atoms with Crippen LogP contribution in [0.15, 0.2) is 47.6 Å². The zero-order chi connectivity index (χ0) is 15.1. The molecule has 0 aliphatic carbocycles. The Balaban J connectivity index is 2.06. The third kappa shape index (κ3) is 4.44. The van der Waals surface area contributed by atoms with Crippen LogP contribution in [0.3, 0.4) is 0 Å². The predicted octanol–water partition coefficient (Wildman–Crippen LogP) is 3.67. The topological polar surface area (TPSA) is 34.1 Å². The highest BCUT2D eigenvalue weighted by Gasteiger charge is 2.12. The van der Waals surface area contributed by atoms with E-state index in [1.807, 2.05) is 32.3 Å². The van der Waals surface area contributed by atoms with Crippen molar-refractivity contribution in [2.24, 2.45) is 0 Å². The van der Waals surface area contributed by atoms with Gasteiger partial charge >= 0.3 is 0 Å². The van der Waals surface area contributed by atoms with Crippen molar-refractivity contribution in [3.05, 3.63) is 54.1 Å². The number of aromatic nitrogens is 1. The number of nitrogens with one attached hydrogen (secondary N) is 1. The quantitative estimate of drug-likeness (QED) is 0.791. The second-order valence-corrected chi connectivity index (χ2v) is 5.53. The molecule has 1 atom stereocenters. The summed E-state index contributed by atoms with van der Waals surface area (Å²) in [5, 5.41) is 3.24. The number of thioether (sulfide) groups is 1. The van der Waals surface area contributed by atoms with Crippen molar-refractivity contribution in [3.8, 4) is 5.75 Å². The Morgan fingerprint density at radius 3 is 2.86 bits per heavy atom. The van der Waals surface area contributed by atoms with Gasteiger partial charge in [-0.05, 0) is 37.7 Å². The number of hydrogen-bond donors (Lipinski definition) is 1. The first-order valence-corrected chi connectivity index (χ1v) is 7.85. The van der Waals surface area contributed by atoms with E-state index in [0.29, 0.717) is 17.3 Å². The van der Waals surface area contributed by atoms with Crippen LogP contribution in [-0.2, 0) is 0 Å². The van der Waals surface area contributed by atoms with Crippen molar-refractivity contribution in [2.45, 2.75) is 17.9 Å². The van der Waals surface area contributed by atoms with Crippen LogP contribution >= 0.6 is 11.8 Å². The Kier molecular flexibility index (Phi) is 6.02. The molecule has 0 saturated heterocycles. The molecule has 1 unspecified atom stereocenters. The third-order valence-electron chi connectivity index (χ3n) is 3.04. The van der Waals surface area contributed by atoms with Gasteiger partial charge in [0.05, 0.1) is 12.8 Å². The first kappa shape index (κ1) is 15.8. The molecule has 0 bridgehead atoms. The minimum absolute atomic E-state index is 0.0857. The van der Waals surface area contributed by atoms with Crippen LogP contribution in [0, 0.1) is 5.82 Å². The van der Waals surface area contributed by atoms with E-state index >= 15 is 0 Å². The van der Waals surface area contributed by atoms with Crippen molar-refractivity contribution in [3.63, 3.8) is 0 Å². The fourth-order valence-electron chi connectivity index (χ4n) is 1.95. The molecule has 2 rings (SSSR count). The summed E-state index contributed by atoms with van der Waals surface area (Å²) in [6.45, 7) is 2.55. The normalized spacial score (nSPS) is 12.1. The molecule has 0 spiro atoms. The molecule has 0 aliphatic heterocycles. The number of hydrogen-bond acceptors (Lipinski definition) is 4. The van der Waals surface area contributed by atoms with Gasteiger partial charge in [0.25, 0.3) is 0 Å². The summed E-state index contributed by atoms with van der Waals surface area (Å²) in [4.78, 5) is 4.86. The van der Waals surface area contributed by atoms with Crippen LogP contribution in [0.5, 0.6) is 5.75 Å². The van der Waals surface area contributed by atoms with Crippen molar-refractivity contribution >= 4 is 11.8 Å². The summed E-state index contributed by atoms with van der Waals surface area (Å²) in [7, 11) is 1.89. The van der Waals surface area contributed by atoms with E-state index < -0.39 is 0 Å². The minimum atomic E-state index is -0.182. The Labute approximate surface area is 128 Å². The van der Waals surface area contributed by atoms with Gasteiger partial charge in [0.2, 0.25) is 0 Å². The Bertz CT molecular complexity index is 580. The molecule has 1 aromatic carbocycles. The van der Waals surface area contributed by atoms with Crippen molar-refractivity contribution in [2.75, 3.05) is 19.4 Å². The Morgan fingerprint density at radius 1 is 1.33 bits per heavy atom. The molecular formula is C16H19FN2OS. The van der Waals surface area contributed by atoms with Gasteiger partial charge in [0.15, 0.2) is 0 Å². The number of rotatable bonds is 7. The van der Waals surface area contributed by atoms with Crippen LogP contribution < -0.4 is 10.1 Å². The number of benzene rings is 1. The smallest absolute Gasteiger partial charge is 0.137 e. The largest absolute Gasteiger partial charge is 0.492 e. The van der Waals surface area contributed by atoms with Gasteiger partial charge in [-0.3, -0.25) is 4.98 Å². The average molecular weight is 306 g/mol. The zero-order valence-corrected chi connectivity index (χ0v) is 13.0. The molecule has 0 aliphatic rings. The number of ether oxygens (including phenoxy) is 1. The van der Waals surface area contributed by atoms with E-state index in [1.165, 1.54) is 17.8 Å². The standard InChI is InChI=1S/C16H19FN2OS/c1-3-20-13-8-12(9-19-10-13)15(18-2)11-21-16-7-5-4-6-14(16)17/h4-10,15,18H,3,11H2,1-2H3. The maximum absolute atomic E-state index is 13.6. The summed E-state index contributed by atoms with van der Waals surface area (Å²) in [6, 6.07) is 8.87. The van der Waals surface area contributed by atoms with Crippen LogP contribution in [0.2, 0.25) is 0 Å². The average Bonchev–Trinajstić information content (AvgIpc) is 2.50. The molecule has 5 heteroatoms. The van der Waals surface area contributed by atoms with E-state index in [0.717, 1.165) is 11.3 Å². The highest BCUT2D eigenvalue weighted by Crippen LogP contribution is 2.27. The fraction of sp³-hybridized carbons (Fsp3) is 0.312. The SMILES string of the molecule is CCOc1cncc(C(CSc2ccccc2F)NC)c1. The lowest BCUT2D eigenvalue weighted by Crippen LogP contribution is -2.19. The lowest BCUT2D eigenvalue weighted by molar-refractivity contribution is 0.338. The monoisotopic (exact) mass is 306 g/mol. The van der Waals surface area contributed by atoms with Crippen molar-refractivity contribution < 1.29 is 9.13 Å². The second kappa shape index (κ2) is 8.00. The fourth-order valence-corrected chi connectivity index (χ4v) is 3.04. The van der Waals surface area contributed by atoms with E-state index in [9.17, 15) is 4.39 Å². The molecule has 2 aromatic rings. The molecule has 3 nitrogen and oxygen atoms in total. The molecule has 0 amide bonds. The highest BCUT2D eigenvalue weighted by molar-refractivity contribution is 7.99. The van der Waals surface area contributed by atoms with Gasteiger partial charge in [-0.25, -0.2) is 4.39 Å². The molecule has 1 N–H and O–H groups in total. The number of halogens is 1. The summed E-state index contributed by atoms with van der Waals surface area (Å²) in [6.07, 6.45) is 3.51. The van der Waals surface area contributed by atoms with E-state index in [2.05, 4.69) is 10.3 Å². The maximum Gasteiger partial charge on any atom is 0.137 e. The summed E-state index contributed by atoms with van der Waals surface area (Å²) >= 11 is 1.49.